The van der Waals surface area contributed by atoms with Gasteiger partial charge in [0, 0.05) is 19.1 Å². The molecule has 2 atom stereocenters. The standard InChI is InChI=1S/C13H23N3O/c17-13(12-4-3-6-14-12)16-9-5-11(10-16)15-7-1-2-8-15/h11-12,14H,1-10H2/t11?,12-/m0/s1. The molecule has 3 saturated heterocycles. The first kappa shape index (κ1) is 11.5. The molecule has 0 bridgehead atoms. The van der Waals surface area contributed by atoms with Crippen LogP contribution in [0.2, 0.25) is 0 Å². The lowest BCUT2D eigenvalue weighted by Gasteiger charge is -2.25. The van der Waals surface area contributed by atoms with E-state index in [4.69, 9.17) is 0 Å². The van der Waals surface area contributed by atoms with Crippen molar-refractivity contribution >= 4 is 5.91 Å². The lowest BCUT2D eigenvalue weighted by atomic mass is 10.2. The minimum atomic E-state index is 0.118. The van der Waals surface area contributed by atoms with Crippen molar-refractivity contribution in [3.8, 4) is 0 Å². The summed E-state index contributed by atoms with van der Waals surface area (Å²) in [7, 11) is 0. The molecule has 3 aliphatic rings. The van der Waals surface area contributed by atoms with E-state index in [1.807, 2.05) is 0 Å². The Morgan fingerprint density at radius 3 is 2.59 bits per heavy atom. The molecule has 0 saturated carbocycles. The third kappa shape index (κ3) is 2.33. The van der Waals surface area contributed by atoms with E-state index in [9.17, 15) is 4.79 Å². The van der Waals surface area contributed by atoms with Crippen LogP contribution < -0.4 is 5.32 Å². The molecule has 0 aliphatic carbocycles. The number of hydrogen-bond acceptors (Lipinski definition) is 3. The Bertz CT molecular complexity index is 282. The smallest absolute Gasteiger partial charge is 0.239 e. The summed E-state index contributed by atoms with van der Waals surface area (Å²) >= 11 is 0. The van der Waals surface area contributed by atoms with E-state index in [2.05, 4.69) is 15.1 Å². The zero-order valence-corrected chi connectivity index (χ0v) is 10.5. The number of likely N-dealkylation sites (tertiary alicyclic amines) is 2. The number of amides is 1. The summed E-state index contributed by atoms with van der Waals surface area (Å²) in [5, 5.41) is 3.31. The van der Waals surface area contributed by atoms with Gasteiger partial charge in [-0.1, -0.05) is 0 Å². The van der Waals surface area contributed by atoms with Gasteiger partial charge in [0.2, 0.25) is 5.91 Å². The highest BCUT2D eigenvalue weighted by molar-refractivity contribution is 5.82. The minimum absolute atomic E-state index is 0.118. The van der Waals surface area contributed by atoms with Gasteiger partial charge in [0.1, 0.15) is 0 Å². The van der Waals surface area contributed by atoms with Crippen LogP contribution >= 0.6 is 0 Å². The highest BCUT2D eigenvalue weighted by Crippen LogP contribution is 2.21. The molecular weight excluding hydrogens is 214 g/mol. The molecule has 1 amide bonds. The van der Waals surface area contributed by atoms with Crippen molar-refractivity contribution in [2.45, 2.75) is 44.2 Å². The molecule has 0 aromatic heterocycles. The average Bonchev–Trinajstić information content (AvgIpc) is 3.09. The van der Waals surface area contributed by atoms with Crippen LogP contribution in [-0.2, 0) is 4.79 Å². The fraction of sp³-hybridized carbons (Fsp3) is 0.923. The van der Waals surface area contributed by atoms with E-state index < -0.39 is 0 Å². The highest BCUT2D eigenvalue weighted by atomic mass is 16.2. The lowest BCUT2D eigenvalue weighted by molar-refractivity contribution is -0.132. The number of carbonyl (C=O) groups excluding carboxylic acids is 1. The Morgan fingerprint density at radius 2 is 1.88 bits per heavy atom. The average molecular weight is 237 g/mol. The Labute approximate surface area is 103 Å². The van der Waals surface area contributed by atoms with E-state index in [0.29, 0.717) is 11.9 Å². The number of carbonyl (C=O) groups is 1. The first-order valence-corrected chi connectivity index (χ1v) is 7.11. The Balaban J connectivity index is 1.54. The summed E-state index contributed by atoms with van der Waals surface area (Å²) in [5.41, 5.74) is 0. The summed E-state index contributed by atoms with van der Waals surface area (Å²) in [6.45, 7) is 5.44. The molecule has 0 aromatic carbocycles. The van der Waals surface area contributed by atoms with Crippen LogP contribution in [0.25, 0.3) is 0 Å². The maximum Gasteiger partial charge on any atom is 0.239 e. The third-order valence-corrected chi connectivity index (χ3v) is 4.49. The van der Waals surface area contributed by atoms with Gasteiger partial charge in [0.25, 0.3) is 0 Å². The van der Waals surface area contributed by atoms with Crippen molar-refractivity contribution in [1.29, 1.82) is 0 Å². The molecule has 3 rings (SSSR count). The first-order chi connectivity index (χ1) is 8.34. The van der Waals surface area contributed by atoms with E-state index in [1.54, 1.807) is 0 Å². The molecule has 3 heterocycles. The molecule has 96 valence electrons. The number of nitrogens with zero attached hydrogens (tertiary/aromatic N) is 2. The van der Waals surface area contributed by atoms with Crippen molar-refractivity contribution in [3.05, 3.63) is 0 Å². The van der Waals surface area contributed by atoms with Crippen molar-refractivity contribution in [2.24, 2.45) is 0 Å². The predicted molar refractivity (Wildman–Crippen MR) is 66.8 cm³/mol. The second kappa shape index (κ2) is 4.94. The summed E-state index contributed by atoms with van der Waals surface area (Å²) in [5.74, 6) is 0.351. The second-order valence-corrected chi connectivity index (χ2v) is 5.62. The zero-order valence-electron chi connectivity index (χ0n) is 10.5. The van der Waals surface area contributed by atoms with E-state index in [1.165, 1.54) is 32.4 Å². The van der Waals surface area contributed by atoms with Crippen LogP contribution in [-0.4, -0.2) is 60.5 Å². The van der Waals surface area contributed by atoms with Crippen molar-refractivity contribution in [3.63, 3.8) is 0 Å². The van der Waals surface area contributed by atoms with Crippen LogP contribution in [0.4, 0.5) is 0 Å². The topological polar surface area (TPSA) is 35.6 Å². The third-order valence-electron chi connectivity index (χ3n) is 4.49. The van der Waals surface area contributed by atoms with E-state index in [0.717, 1.165) is 32.5 Å². The molecule has 3 fully saturated rings. The van der Waals surface area contributed by atoms with Crippen LogP contribution in [0, 0.1) is 0 Å². The predicted octanol–water partition coefficient (Wildman–Crippen LogP) is 0.435. The lowest BCUT2D eigenvalue weighted by Crippen LogP contribution is -2.44. The van der Waals surface area contributed by atoms with Gasteiger partial charge in [0.15, 0.2) is 0 Å². The van der Waals surface area contributed by atoms with Gasteiger partial charge in [0.05, 0.1) is 6.04 Å². The van der Waals surface area contributed by atoms with Crippen molar-refractivity contribution < 1.29 is 4.79 Å². The van der Waals surface area contributed by atoms with Crippen LogP contribution in [0.15, 0.2) is 0 Å². The van der Waals surface area contributed by atoms with Crippen molar-refractivity contribution in [1.82, 2.24) is 15.1 Å². The Kier molecular flexibility index (Phi) is 3.34. The number of hydrogen-bond donors (Lipinski definition) is 1. The van der Waals surface area contributed by atoms with Gasteiger partial charge >= 0.3 is 0 Å². The molecular formula is C13H23N3O. The number of rotatable bonds is 2. The maximum atomic E-state index is 12.3. The molecule has 1 unspecified atom stereocenters. The molecule has 0 radical (unpaired) electrons. The molecule has 0 aromatic rings. The fourth-order valence-electron chi connectivity index (χ4n) is 3.46. The van der Waals surface area contributed by atoms with Crippen LogP contribution in [0.1, 0.15) is 32.1 Å². The van der Waals surface area contributed by atoms with E-state index >= 15 is 0 Å². The summed E-state index contributed by atoms with van der Waals surface area (Å²) in [4.78, 5) is 16.9. The number of nitrogens with one attached hydrogen (secondary N) is 1. The van der Waals surface area contributed by atoms with E-state index in [-0.39, 0.29) is 6.04 Å². The van der Waals surface area contributed by atoms with Gasteiger partial charge in [-0.3, -0.25) is 9.69 Å². The zero-order chi connectivity index (χ0) is 11.7. The first-order valence-electron chi connectivity index (χ1n) is 7.11. The summed E-state index contributed by atoms with van der Waals surface area (Å²) < 4.78 is 0. The minimum Gasteiger partial charge on any atom is -0.340 e. The fourth-order valence-corrected chi connectivity index (χ4v) is 3.46. The van der Waals surface area contributed by atoms with Gasteiger partial charge in [-0.25, -0.2) is 0 Å². The van der Waals surface area contributed by atoms with Crippen LogP contribution in [0.5, 0.6) is 0 Å². The molecule has 17 heavy (non-hydrogen) atoms. The maximum absolute atomic E-state index is 12.3. The molecule has 1 N–H and O–H groups in total. The van der Waals surface area contributed by atoms with Gasteiger partial charge < -0.3 is 10.2 Å². The molecule has 4 heteroatoms. The summed E-state index contributed by atoms with van der Waals surface area (Å²) in [6, 6.07) is 0.759. The van der Waals surface area contributed by atoms with Crippen molar-refractivity contribution in [2.75, 3.05) is 32.7 Å². The van der Waals surface area contributed by atoms with Gasteiger partial charge in [-0.15, -0.1) is 0 Å². The molecule has 0 spiro atoms. The summed E-state index contributed by atoms with van der Waals surface area (Å²) in [6.07, 6.45) is 6.05. The monoisotopic (exact) mass is 237 g/mol. The highest BCUT2D eigenvalue weighted by Gasteiger charge is 2.34. The van der Waals surface area contributed by atoms with Gasteiger partial charge in [-0.05, 0) is 51.7 Å². The Hall–Kier alpha value is -0.610. The Morgan fingerprint density at radius 1 is 1.06 bits per heavy atom. The largest absolute Gasteiger partial charge is 0.340 e. The molecule has 4 nitrogen and oxygen atoms in total. The van der Waals surface area contributed by atoms with Gasteiger partial charge in [-0.2, -0.15) is 0 Å². The molecule has 3 aliphatic heterocycles. The quantitative estimate of drug-likeness (QED) is 0.757. The normalized spacial score (nSPS) is 34.7. The SMILES string of the molecule is O=C([C@@H]1CCCN1)N1CCC(N2CCCC2)C1. The second-order valence-electron chi connectivity index (χ2n) is 5.62. The van der Waals surface area contributed by atoms with Crippen LogP contribution in [0.3, 0.4) is 0 Å².